The summed E-state index contributed by atoms with van der Waals surface area (Å²) in [6, 6.07) is 6.21. The second kappa shape index (κ2) is 9.86. The molecule has 4 rings (SSSR count). The van der Waals surface area contributed by atoms with Crippen LogP contribution in [-0.2, 0) is 16.9 Å². The van der Waals surface area contributed by atoms with Crippen molar-refractivity contribution in [3.63, 3.8) is 0 Å². The van der Waals surface area contributed by atoms with Gasteiger partial charge in [0.05, 0.1) is 34.9 Å². The highest BCUT2D eigenvalue weighted by Crippen LogP contribution is 2.41. The van der Waals surface area contributed by atoms with E-state index in [-0.39, 0.29) is 28.5 Å². The average molecular weight is 584 g/mol. The van der Waals surface area contributed by atoms with Gasteiger partial charge in [0.15, 0.2) is 10.9 Å². The van der Waals surface area contributed by atoms with E-state index in [9.17, 15) is 26.7 Å². The van der Waals surface area contributed by atoms with Crippen LogP contribution in [0.3, 0.4) is 0 Å². The maximum absolute atomic E-state index is 15.4. The van der Waals surface area contributed by atoms with E-state index in [1.165, 1.54) is 30.9 Å². The molecule has 0 spiro atoms. The Bertz CT molecular complexity index is 1580. The van der Waals surface area contributed by atoms with Crippen LogP contribution in [0.2, 0.25) is 0 Å². The van der Waals surface area contributed by atoms with Crippen molar-refractivity contribution in [3.8, 4) is 11.9 Å². The van der Waals surface area contributed by atoms with Gasteiger partial charge in [-0.3, -0.25) is 9.69 Å². The molecule has 1 N–H and O–H groups in total. The fourth-order valence-corrected chi connectivity index (χ4v) is 4.71. The minimum absolute atomic E-state index is 0.0750. The third kappa shape index (κ3) is 4.88. The Labute approximate surface area is 228 Å². The van der Waals surface area contributed by atoms with Crippen LogP contribution in [0.4, 0.5) is 37.7 Å². The summed E-state index contributed by atoms with van der Waals surface area (Å²) in [5.41, 5.74) is -4.38. The van der Waals surface area contributed by atoms with Crippen molar-refractivity contribution < 1.29 is 41.0 Å². The number of halogens is 6. The lowest BCUT2D eigenvalue weighted by Crippen LogP contribution is -2.44. The number of alkyl halides is 5. The van der Waals surface area contributed by atoms with Crippen molar-refractivity contribution in [2.75, 3.05) is 23.0 Å². The Morgan fingerprint density at radius 2 is 1.80 bits per heavy atom. The number of aliphatic hydroxyl groups excluding tert-OH is 1. The first-order chi connectivity index (χ1) is 18.5. The lowest BCUT2D eigenvalue weighted by molar-refractivity contribution is -0.137. The van der Waals surface area contributed by atoms with Gasteiger partial charge in [0.2, 0.25) is 11.7 Å². The van der Waals surface area contributed by atoms with E-state index in [2.05, 4.69) is 9.97 Å². The maximum Gasteiger partial charge on any atom is 0.417 e. The van der Waals surface area contributed by atoms with Crippen LogP contribution in [0.5, 0.6) is 5.88 Å². The number of nitrogens with zero attached hydrogens (tertiary/aromatic N) is 5. The molecule has 0 unspecified atom stereocenters. The van der Waals surface area contributed by atoms with E-state index in [1.54, 1.807) is 0 Å². The van der Waals surface area contributed by atoms with Crippen LogP contribution in [0, 0.1) is 17.1 Å². The van der Waals surface area contributed by atoms with E-state index < -0.39 is 64.3 Å². The normalized spacial score (nSPS) is 15.6. The molecule has 3 aromatic rings. The Morgan fingerprint density at radius 1 is 1.12 bits per heavy atom. The average Bonchev–Trinajstić information content (AvgIpc) is 3.04. The first-order valence-electron chi connectivity index (χ1n) is 11.5. The summed E-state index contributed by atoms with van der Waals surface area (Å²) < 4.78 is 89.4. The van der Waals surface area contributed by atoms with Crippen molar-refractivity contribution in [1.29, 1.82) is 5.26 Å². The van der Waals surface area contributed by atoms with Crippen LogP contribution in [0.1, 0.15) is 37.7 Å². The van der Waals surface area contributed by atoms with Gasteiger partial charge in [-0.2, -0.15) is 32.2 Å². The molecule has 2 heterocycles. The Balaban J connectivity index is 1.88. The van der Waals surface area contributed by atoms with Crippen molar-refractivity contribution in [1.82, 2.24) is 9.97 Å². The smallest absolute Gasteiger partial charge is 0.417 e. The zero-order valence-corrected chi connectivity index (χ0v) is 21.8. The Morgan fingerprint density at radius 3 is 2.38 bits per heavy atom. The second-order valence-electron chi connectivity index (χ2n) is 9.29. The topological polar surface area (TPSA) is 103 Å². The number of thiocarbonyl (C=S) groups is 1. The monoisotopic (exact) mass is 583 g/mol. The van der Waals surface area contributed by atoms with E-state index in [0.29, 0.717) is 13.0 Å². The molecule has 1 amide bonds. The predicted molar refractivity (Wildman–Crippen MR) is 134 cm³/mol. The fraction of sp³-hybridized carbons (Fsp3) is 0.320. The number of rotatable bonds is 6. The molecule has 0 saturated carbocycles. The standard InChI is InChI=1S/C25H19F6N5O3S/c1-23(2)21(38)35(13-5-4-12(11-32)16(9-13)25(29,30)31)22(40)36(23)14-8-15-18(17(26)10-14)33-20(24(3,27)28)34-19(15)39-7-6-37/h4-5,8-10,37H,6-7H2,1-3H3. The van der Waals surface area contributed by atoms with Crippen LogP contribution in [0.15, 0.2) is 30.3 Å². The Hall–Kier alpha value is -4.03. The molecule has 40 heavy (non-hydrogen) atoms. The second-order valence-corrected chi connectivity index (χ2v) is 9.66. The SMILES string of the molecule is CC(F)(F)c1nc(OCCO)c2cc(N3C(=S)N(c4ccc(C#N)c(C(F)(F)F)c4)C(=O)C3(C)C)cc(F)c2n1. The summed E-state index contributed by atoms with van der Waals surface area (Å²) in [7, 11) is 0. The molecule has 0 radical (unpaired) electrons. The van der Waals surface area contributed by atoms with Crippen LogP contribution in [-0.4, -0.2) is 44.8 Å². The zero-order valence-electron chi connectivity index (χ0n) is 21.0. The summed E-state index contributed by atoms with van der Waals surface area (Å²) >= 11 is 5.46. The number of benzene rings is 2. The van der Waals surface area contributed by atoms with E-state index in [4.69, 9.17) is 27.3 Å². The van der Waals surface area contributed by atoms with Gasteiger partial charge in [-0.25, -0.2) is 9.37 Å². The van der Waals surface area contributed by atoms with E-state index >= 15 is 4.39 Å². The molecular formula is C25H19F6N5O3S. The number of carbonyl (C=O) groups is 1. The van der Waals surface area contributed by atoms with Gasteiger partial charge in [0, 0.05) is 12.6 Å². The number of carbonyl (C=O) groups excluding carboxylic acids is 1. The van der Waals surface area contributed by atoms with Gasteiger partial charge in [0.25, 0.3) is 5.91 Å². The Kier molecular flexibility index (Phi) is 7.14. The third-order valence-electron chi connectivity index (χ3n) is 6.04. The molecule has 8 nitrogen and oxygen atoms in total. The highest BCUT2D eigenvalue weighted by molar-refractivity contribution is 7.81. The summed E-state index contributed by atoms with van der Waals surface area (Å²) in [4.78, 5) is 22.8. The molecule has 1 aliphatic rings. The number of ether oxygens (including phenoxy) is 1. The number of aliphatic hydroxyl groups is 1. The molecule has 1 aromatic heterocycles. The number of anilines is 2. The van der Waals surface area contributed by atoms with Crippen LogP contribution < -0.4 is 14.5 Å². The van der Waals surface area contributed by atoms with Crippen LogP contribution in [0.25, 0.3) is 10.9 Å². The maximum atomic E-state index is 15.4. The first-order valence-corrected chi connectivity index (χ1v) is 11.9. The summed E-state index contributed by atoms with van der Waals surface area (Å²) in [5.74, 6) is -6.91. The lowest BCUT2D eigenvalue weighted by atomic mass is 10.0. The van der Waals surface area contributed by atoms with Crippen molar-refractivity contribution in [3.05, 3.63) is 53.1 Å². The minimum atomic E-state index is -4.90. The number of amides is 1. The highest BCUT2D eigenvalue weighted by atomic mass is 32.1. The van der Waals surface area contributed by atoms with Gasteiger partial charge < -0.3 is 14.7 Å². The van der Waals surface area contributed by atoms with Gasteiger partial charge >= 0.3 is 12.1 Å². The highest BCUT2D eigenvalue weighted by Gasteiger charge is 2.51. The molecule has 1 aliphatic heterocycles. The molecule has 0 bridgehead atoms. The van der Waals surface area contributed by atoms with Gasteiger partial charge in [-0.05, 0) is 56.4 Å². The number of hydrogen-bond acceptors (Lipinski definition) is 7. The molecule has 1 saturated heterocycles. The molecular weight excluding hydrogens is 564 g/mol. The van der Waals surface area contributed by atoms with E-state index in [1.807, 2.05) is 0 Å². The molecule has 2 aromatic carbocycles. The number of nitriles is 1. The van der Waals surface area contributed by atoms with Crippen molar-refractivity contribution in [2.45, 2.75) is 38.4 Å². The summed E-state index contributed by atoms with van der Waals surface area (Å²) in [5, 5.41) is 17.7. The summed E-state index contributed by atoms with van der Waals surface area (Å²) in [6.07, 6.45) is -4.90. The predicted octanol–water partition coefficient (Wildman–Crippen LogP) is 5.06. The number of aromatic nitrogens is 2. The number of fused-ring (bicyclic) bond motifs is 1. The molecule has 0 atom stereocenters. The van der Waals surface area contributed by atoms with Crippen molar-refractivity contribution >= 4 is 45.5 Å². The fourth-order valence-electron chi connectivity index (χ4n) is 4.19. The molecule has 1 fully saturated rings. The minimum Gasteiger partial charge on any atom is -0.475 e. The summed E-state index contributed by atoms with van der Waals surface area (Å²) in [6.45, 7) is 2.43. The van der Waals surface area contributed by atoms with Crippen molar-refractivity contribution in [2.24, 2.45) is 0 Å². The molecule has 0 aliphatic carbocycles. The first kappa shape index (κ1) is 29.0. The zero-order chi connectivity index (χ0) is 29.8. The number of hydrogen-bond donors (Lipinski definition) is 1. The van der Waals surface area contributed by atoms with Gasteiger partial charge in [0.1, 0.15) is 17.7 Å². The third-order valence-corrected chi connectivity index (χ3v) is 6.41. The molecule has 15 heteroatoms. The largest absolute Gasteiger partial charge is 0.475 e. The quantitative estimate of drug-likeness (QED) is 0.318. The van der Waals surface area contributed by atoms with Gasteiger partial charge in [-0.15, -0.1) is 0 Å². The van der Waals surface area contributed by atoms with E-state index in [0.717, 1.165) is 23.1 Å². The molecule has 210 valence electrons. The van der Waals surface area contributed by atoms with Crippen LogP contribution >= 0.6 is 12.2 Å². The van der Waals surface area contributed by atoms with Gasteiger partial charge in [-0.1, -0.05) is 0 Å². The lowest BCUT2D eigenvalue weighted by Gasteiger charge is -2.30.